The average Bonchev–Trinajstić information content (AvgIpc) is 2.14. The Labute approximate surface area is 101 Å². The Balaban J connectivity index is 3.39. The number of nitrogens with zero attached hydrogens (tertiary/aromatic N) is 1. The lowest BCUT2D eigenvalue weighted by atomic mass is 10.2. The number of aromatic nitrogens is 1. The topological polar surface area (TPSA) is 22.1 Å². The molecule has 1 heterocycles. The van der Waals surface area contributed by atoms with E-state index in [0.29, 0.717) is 6.07 Å². The van der Waals surface area contributed by atoms with E-state index in [2.05, 4.69) is 9.72 Å². The average molecular weight is 353 g/mol. The zero-order chi connectivity index (χ0) is 12.5. The van der Waals surface area contributed by atoms with Crippen molar-refractivity contribution in [2.24, 2.45) is 0 Å². The third-order valence-electron chi connectivity index (χ3n) is 1.70. The number of hydrogen-bond acceptors (Lipinski definition) is 2. The second-order valence-electron chi connectivity index (χ2n) is 2.72. The van der Waals surface area contributed by atoms with E-state index in [-0.39, 0.29) is 0 Å². The molecule has 1 aromatic heterocycles. The van der Waals surface area contributed by atoms with Gasteiger partial charge in [-0.15, -0.1) is 0 Å². The molecule has 0 radical (unpaired) electrons. The first-order chi connectivity index (χ1) is 7.27. The van der Waals surface area contributed by atoms with E-state index in [1.165, 1.54) is 22.6 Å². The minimum Gasteiger partial charge on any atom is -0.481 e. The van der Waals surface area contributed by atoms with Crippen LogP contribution >= 0.6 is 22.6 Å². The van der Waals surface area contributed by atoms with Crippen molar-refractivity contribution in [1.82, 2.24) is 4.98 Å². The van der Waals surface area contributed by atoms with E-state index in [1.54, 1.807) is 0 Å². The molecule has 0 N–H and O–H groups in total. The summed E-state index contributed by atoms with van der Waals surface area (Å²) in [6.45, 7) is 0. The molecule has 8 heteroatoms. The van der Waals surface area contributed by atoms with Crippen LogP contribution in [-0.4, -0.2) is 12.1 Å². The predicted octanol–water partition coefficient (Wildman–Crippen LogP) is 3.65. The van der Waals surface area contributed by atoms with E-state index in [0.717, 1.165) is 7.11 Å². The van der Waals surface area contributed by atoms with Crippen LogP contribution in [-0.2, 0) is 6.18 Å². The summed E-state index contributed by atoms with van der Waals surface area (Å²) in [5.41, 5.74) is -2.06. The number of hydrogen-bond donors (Lipinski definition) is 0. The summed E-state index contributed by atoms with van der Waals surface area (Å²) in [5, 5.41) is 0. The van der Waals surface area contributed by atoms with Crippen LogP contribution in [0.4, 0.5) is 22.0 Å². The number of halogens is 6. The maximum Gasteiger partial charge on any atom is 0.418 e. The molecule has 2 nitrogen and oxygen atoms in total. The third kappa shape index (κ3) is 2.71. The van der Waals surface area contributed by atoms with Crippen LogP contribution in [0.2, 0.25) is 0 Å². The van der Waals surface area contributed by atoms with E-state index in [1.807, 2.05) is 0 Å². The third-order valence-corrected chi connectivity index (χ3v) is 2.52. The Morgan fingerprint density at radius 1 is 1.38 bits per heavy atom. The van der Waals surface area contributed by atoms with Crippen molar-refractivity contribution < 1.29 is 26.7 Å². The Hall–Kier alpha value is -0.670. The van der Waals surface area contributed by atoms with Gasteiger partial charge >= 0.3 is 6.18 Å². The minimum absolute atomic E-state index is 0.359. The lowest BCUT2D eigenvalue weighted by molar-refractivity contribution is -0.138. The lowest BCUT2D eigenvalue weighted by Gasteiger charge is -2.13. The molecule has 0 saturated carbocycles. The molecule has 0 amide bonds. The van der Waals surface area contributed by atoms with Crippen LogP contribution in [0, 0.1) is 3.70 Å². The van der Waals surface area contributed by atoms with Gasteiger partial charge in [0.1, 0.15) is 3.70 Å². The first kappa shape index (κ1) is 13.4. The van der Waals surface area contributed by atoms with Crippen molar-refractivity contribution in [3.63, 3.8) is 0 Å². The van der Waals surface area contributed by atoms with Gasteiger partial charge in [0, 0.05) is 0 Å². The fourth-order valence-corrected chi connectivity index (χ4v) is 1.69. The van der Waals surface area contributed by atoms with Crippen molar-refractivity contribution in [3.8, 4) is 5.88 Å². The van der Waals surface area contributed by atoms with E-state index in [9.17, 15) is 22.0 Å². The standard InChI is InChI=1S/C8H5F5INO/c1-16-7-3(5(9)10)2-4(6(14)15-7)8(11,12)13/h2,5H,1H3. The molecule has 0 aliphatic heterocycles. The summed E-state index contributed by atoms with van der Waals surface area (Å²) in [6, 6.07) is 0.359. The zero-order valence-electron chi connectivity index (χ0n) is 7.78. The van der Waals surface area contributed by atoms with Crippen LogP contribution in [0.5, 0.6) is 5.88 Å². The van der Waals surface area contributed by atoms with Crippen molar-refractivity contribution in [3.05, 3.63) is 20.9 Å². The van der Waals surface area contributed by atoms with Crippen LogP contribution < -0.4 is 4.74 Å². The highest BCUT2D eigenvalue weighted by Gasteiger charge is 2.36. The summed E-state index contributed by atoms with van der Waals surface area (Å²) in [6.07, 6.45) is -7.78. The first-order valence-corrected chi connectivity index (χ1v) is 4.95. The molecular formula is C8H5F5INO. The SMILES string of the molecule is COc1nc(I)c(C(F)(F)F)cc1C(F)F. The number of alkyl halides is 5. The zero-order valence-corrected chi connectivity index (χ0v) is 9.94. The van der Waals surface area contributed by atoms with Crippen molar-refractivity contribution in [2.75, 3.05) is 7.11 Å². The fraction of sp³-hybridized carbons (Fsp3) is 0.375. The summed E-state index contributed by atoms with van der Waals surface area (Å²) >= 11 is 1.32. The largest absolute Gasteiger partial charge is 0.481 e. The number of rotatable bonds is 2. The Morgan fingerprint density at radius 3 is 2.31 bits per heavy atom. The van der Waals surface area contributed by atoms with Gasteiger partial charge in [0.25, 0.3) is 6.43 Å². The second-order valence-corrected chi connectivity index (χ2v) is 3.75. The molecule has 0 aliphatic carbocycles. The van der Waals surface area contributed by atoms with E-state index in [4.69, 9.17) is 0 Å². The summed E-state index contributed by atoms with van der Waals surface area (Å²) in [7, 11) is 1.07. The highest BCUT2D eigenvalue weighted by molar-refractivity contribution is 14.1. The van der Waals surface area contributed by atoms with E-state index < -0.39 is 33.3 Å². The van der Waals surface area contributed by atoms with Gasteiger partial charge in [-0.1, -0.05) is 0 Å². The quantitative estimate of drug-likeness (QED) is 0.460. The molecule has 90 valence electrons. The molecule has 0 atom stereocenters. The smallest absolute Gasteiger partial charge is 0.418 e. The maximum absolute atomic E-state index is 12.4. The lowest BCUT2D eigenvalue weighted by Crippen LogP contribution is -2.11. The molecule has 0 aromatic carbocycles. The van der Waals surface area contributed by atoms with Crippen LogP contribution in [0.25, 0.3) is 0 Å². The number of pyridine rings is 1. The van der Waals surface area contributed by atoms with Crippen LogP contribution in [0.1, 0.15) is 17.6 Å². The summed E-state index contributed by atoms with van der Waals surface area (Å²) < 4.78 is 66.1. The molecule has 16 heavy (non-hydrogen) atoms. The van der Waals surface area contributed by atoms with Gasteiger partial charge in [0.2, 0.25) is 5.88 Å². The van der Waals surface area contributed by atoms with Gasteiger partial charge in [0.15, 0.2) is 0 Å². The maximum atomic E-state index is 12.4. The number of methoxy groups -OCH3 is 1. The minimum atomic E-state index is -4.71. The van der Waals surface area contributed by atoms with Gasteiger partial charge in [-0.2, -0.15) is 13.2 Å². The van der Waals surface area contributed by atoms with Gasteiger partial charge < -0.3 is 4.74 Å². The summed E-state index contributed by atoms with van der Waals surface area (Å²) in [5.74, 6) is -0.493. The highest BCUT2D eigenvalue weighted by Crippen LogP contribution is 2.37. The first-order valence-electron chi connectivity index (χ1n) is 3.87. The Bertz CT molecular complexity index is 393. The Kier molecular flexibility index (Phi) is 3.92. The van der Waals surface area contributed by atoms with Crippen LogP contribution in [0.15, 0.2) is 6.07 Å². The highest BCUT2D eigenvalue weighted by atomic mass is 127. The molecular weight excluding hydrogens is 348 g/mol. The van der Waals surface area contributed by atoms with E-state index >= 15 is 0 Å². The molecule has 1 rings (SSSR count). The normalized spacial score (nSPS) is 12.0. The van der Waals surface area contributed by atoms with Crippen molar-refractivity contribution in [1.29, 1.82) is 0 Å². The summed E-state index contributed by atoms with van der Waals surface area (Å²) in [4.78, 5) is 3.34. The molecule has 0 fully saturated rings. The number of ether oxygens (including phenoxy) is 1. The molecule has 0 saturated heterocycles. The van der Waals surface area contributed by atoms with Gasteiger partial charge in [-0.05, 0) is 28.7 Å². The molecule has 0 unspecified atom stereocenters. The fourth-order valence-electron chi connectivity index (χ4n) is 1.01. The van der Waals surface area contributed by atoms with Crippen LogP contribution in [0.3, 0.4) is 0 Å². The van der Waals surface area contributed by atoms with Gasteiger partial charge in [0.05, 0.1) is 18.2 Å². The Morgan fingerprint density at radius 2 is 1.94 bits per heavy atom. The second kappa shape index (κ2) is 4.68. The molecule has 0 spiro atoms. The molecule has 1 aromatic rings. The van der Waals surface area contributed by atoms with Crippen molar-refractivity contribution >= 4 is 22.6 Å². The van der Waals surface area contributed by atoms with Gasteiger partial charge in [-0.3, -0.25) is 0 Å². The van der Waals surface area contributed by atoms with Crippen molar-refractivity contribution in [2.45, 2.75) is 12.6 Å². The monoisotopic (exact) mass is 353 g/mol. The van der Waals surface area contributed by atoms with Gasteiger partial charge in [-0.25, -0.2) is 13.8 Å². The predicted molar refractivity (Wildman–Crippen MR) is 53.5 cm³/mol. The molecule has 0 aliphatic rings. The molecule has 0 bridgehead atoms.